The number of hydrogen-bond donors (Lipinski definition) is 0. The number of nitrogens with zero attached hydrogens (tertiary/aromatic N) is 1. The van der Waals surface area contributed by atoms with Gasteiger partial charge in [-0.15, -0.1) is 0 Å². The standard InChI is InChI=1S/C15H20ClNO/c1-11-6-8-12(9-7-11)17(2)15-5-3-4-14(16)13(15)10-18/h3-5,10-12H,6-9H2,1-2H3. The van der Waals surface area contributed by atoms with Gasteiger partial charge in [0.25, 0.3) is 0 Å². The van der Waals surface area contributed by atoms with Crippen LogP contribution in [0.5, 0.6) is 0 Å². The molecule has 0 heterocycles. The number of benzene rings is 1. The highest BCUT2D eigenvalue weighted by Gasteiger charge is 2.23. The minimum absolute atomic E-state index is 0.526. The Bertz CT molecular complexity index is 425. The molecule has 0 unspecified atom stereocenters. The van der Waals surface area contributed by atoms with E-state index in [0.29, 0.717) is 16.6 Å². The van der Waals surface area contributed by atoms with Crippen molar-refractivity contribution in [3.05, 3.63) is 28.8 Å². The van der Waals surface area contributed by atoms with E-state index in [-0.39, 0.29) is 0 Å². The summed E-state index contributed by atoms with van der Waals surface area (Å²) in [6.45, 7) is 2.31. The van der Waals surface area contributed by atoms with Gasteiger partial charge in [-0.05, 0) is 43.7 Å². The largest absolute Gasteiger partial charge is 0.371 e. The van der Waals surface area contributed by atoms with Crippen LogP contribution in [0, 0.1) is 5.92 Å². The molecule has 0 N–H and O–H groups in total. The van der Waals surface area contributed by atoms with Crippen molar-refractivity contribution in [2.45, 2.75) is 38.6 Å². The van der Waals surface area contributed by atoms with Gasteiger partial charge in [-0.2, -0.15) is 0 Å². The highest BCUT2D eigenvalue weighted by Crippen LogP contribution is 2.32. The highest BCUT2D eigenvalue weighted by atomic mass is 35.5. The van der Waals surface area contributed by atoms with Gasteiger partial charge in [-0.3, -0.25) is 4.79 Å². The maximum absolute atomic E-state index is 11.2. The van der Waals surface area contributed by atoms with Crippen LogP contribution in [0.2, 0.25) is 5.02 Å². The van der Waals surface area contributed by atoms with Gasteiger partial charge in [0.2, 0.25) is 0 Å². The van der Waals surface area contributed by atoms with Crippen molar-refractivity contribution in [2.75, 3.05) is 11.9 Å². The molecule has 98 valence electrons. The number of carbonyl (C=O) groups excluding carboxylic acids is 1. The van der Waals surface area contributed by atoms with Gasteiger partial charge in [-0.25, -0.2) is 0 Å². The van der Waals surface area contributed by atoms with Crippen molar-refractivity contribution in [3.63, 3.8) is 0 Å². The van der Waals surface area contributed by atoms with Crippen molar-refractivity contribution in [2.24, 2.45) is 5.92 Å². The molecule has 0 aliphatic heterocycles. The first-order valence-electron chi connectivity index (χ1n) is 6.60. The molecule has 0 aromatic heterocycles. The maximum Gasteiger partial charge on any atom is 0.153 e. The Morgan fingerprint density at radius 1 is 1.28 bits per heavy atom. The van der Waals surface area contributed by atoms with E-state index in [9.17, 15) is 4.79 Å². The fourth-order valence-corrected chi connectivity index (χ4v) is 2.99. The van der Waals surface area contributed by atoms with E-state index < -0.39 is 0 Å². The Balaban J connectivity index is 2.20. The van der Waals surface area contributed by atoms with E-state index in [1.54, 1.807) is 6.07 Å². The number of rotatable bonds is 3. The lowest BCUT2D eigenvalue weighted by Crippen LogP contribution is -2.35. The van der Waals surface area contributed by atoms with Gasteiger partial charge in [-0.1, -0.05) is 24.6 Å². The van der Waals surface area contributed by atoms with Crippen molar-refractivity contribution in [1.29, 1.82) is 0 Å². The fourth-order valence-electron chi connectivity index (χ4n) is 2.78. The summed E-state index contributed by atoms with van der Waals surface area (Å²) in [4.78, 5) is 13.4. The summed E-state index contributed by atoms with van der Waals surface area (Å²) in [5, 5.41) is 0.540. The highest BCUT2D eigenvalue weighted by molar-refractivity contribution is 6.33. The first-order valence-corrected chi connectivity index (χ1v) is 6.97. The van der Waals surface area contributed by atoms with Crippen LogP contribution in [0.4, 0.5) is 5.69 Å². The third kappa shape index (κ3) is 2.69. The van der Waals surface area contributed by atoms with E-state index in [1.807, 2.05) is 12.1 Å². The van der Waals surface area contributed by atoms with Crippen LogP contribution in [-0.2, 0) is 0 Å². The number of halogens is 1. The van der Waals surface area contributed by atoms with Crippen LogP contribution >= 0.6 is 11.6 Å². The molecule has 1 saturated carbocycles. The van der Waals surface area contributed by atoms with Gasteiger partial charge < -0.3 is 4.90 Å². The Labute approximate surface area is 114 Å². The third-order valence-corrected chi connectivity index (χ3v) is 4.39. The lowest BCUT2D eigenvalue weighted by Gasteiger charge is -2.35. The van der Waals surface area contributed by atoms with E-state index in [2.05, 4.69) is 18.9 Å². The number of hydrogen-bond acceptors (Lipinski definition) is 2. The minimum atomic E-state index is 0.526. The molecule has 1 aliphatic rings. The smallest absolute Gasteiger partial charge is 0.153 e. The number of aldehydes is 1. The molecule has 0 atom stereocenters. The van der Waals surface area contributed by atoms with E-state index in [0.717, 1.165) is 17.9 Å². The Morgan fingerprint density at radius 3 is 2.56 bits per heavy atom. The zero-order valence-electron chi connectivity index (χ0n) is 11.0. The van der Waals surface area contributed by atoms with Gasteiger partial charge in [0.1, 0.15) is 0 Å². The molecule has 0 saturated heterocycles. The molecule has 0 spiro atoms. The van der Waals surface area contributed by atoms with Crippen molar-refractivity contribution < 1.29 is 4.79 Å². The molecule has 0 bridgehead atoms. The van der Waals surface area contributed by atoms with Crippen molar-refractivity contribution in [1.82, 2.24) is 0 Å². The topological polar surface area (TPSA) is 20.3 Å². The first-order chi connectivity index (χ1) is 8.63. The second kappa shape index (κ2) is 5.75. The fraction of sp³-hybridized carbons (Fsp3) is 0.533. The summed E-state index contributed by atoms with van der Waals surface area (Å²) in [5.41, 5.74) is 1.57. The van der Waals surface area contributed by atoms with Crippen LogP contribution in [0.25, 0.3) is 0 Å². The average molecular weight is 266 g/mol. The quantitative estimate of drug-likeness (QED) is 0.765. The van der Waals surface area contributed by atoms with Crippen LogP contribution < -0.4 is 4.90 Å². The third-order valence-electron chi connectivity index (χ3n) is 4.06. The summed E-state index contributed by atoms with van der Waals surface area (Å²) in [5.74, 6) is 0.833. The van der Waals surface area contributed by atoms with E-state index in [4.69, 9.17) is 11.6 Å². The van der Waals surface area contributed by atoms with E-state index >= 15 is 0 Å². The van der Waals surface area contributed by atoms with Gasteiger partial charge in [0.05, 0.1) is 10.6 Å². The summed E-state index contributed by atoms with van der Waals surface area (Å²) < 4.78 is 0. The predicted octanol–water partition coefficient (Wildman–Crippen LogP) is 4.17. The summed E-state index contributed by atoms with van der Waals surface area (Å²) in [7, 11) is 2.07. The van der Waals surface area contributed by atoms with Crippen LogP contribution in [0.15, 0.2) is 18.2 Å². The molecule has 2 rings (SSSR count). The number of anilines is 1. The van der Waals surface area contributed by atoms with Crippen LogP contribution in [-0.4, -0.2) is 19.4 Å². The minimum Gasteiger partial charge on any atom is -0.371 e. The molecular weight excluding hydrogens is 246 g/mol. The lowest BCUT2D eigenvalue weighted by molar-refractivity contribution is 0.112. The molecular formula is C15H20ClNO. The van der Waals surface area contributed by atoms with Gasteiger partial charge in [0, 0.05) is 18.8 Å². The summed E-state index contributed by atoms with van der Waals surface area (Å²) in [6.07, 6.45) is 5.79. The molecule has 1 aliphatic carbocycles. The Kier molecular flexibility index (Phi) is 4.28. The number of carbonyl (C=O) groups is 1. The summed E-state index contributed by atoms with van der Waals surface area (Å²) in [6, 6.07) is 6.18. The molecule has 3 heteroatoms. The molecule has 1 aromatic carbocycles. The zero-order chi connectivity index (χ0) is 13.1. The molecule has 1 fully saturated rings. The SMILES string of the molecule is CC1CCC(N(C)c2cccc(Cl)c2C=O)CC1. The second-order valence-electron chi connectivity index (χ2n) is 5.32. The monoisotopic (exact) mass is 265 g/mol. The average Bonchev–Trinajstić information content (AvgIpc) is 2.38. The predicted molar refractivity (Wildman–Crippen MR) is 76.7 cm³/mol. The molecule has 0 radical (unpaired) electrons. The van der Waals surface area contributed by atoms with Crippen molar-refractivity contribution in [3.8, 4) is 0 Å². The van der Waals surface area contributed by atoms with Crippen molar-refractivity contribution >= 4 is 23.6 Å². The van der Waals surface area contributed by atoms with Crippen LogP contribution in [0.3, 0.4) is 0 Å². The summed E-state index contributed by atoms with van der Waals surface area (Å²) >= 11 is 6.08. The van der Waals surface area contributed by atoms with E-state index in [1.165, 1.54) is 25.7 Å². The molecule has 0 amide bonds. The maximum atomic E-state index is 11.2. The normalized spacial score (nSPS) is 23.7. The zero-order valence-corrected chi connectivity index (χ0v) is 11.8. The lowest BCUT2D eigenvalue weighted by atomic mass is 9.86. The molecule has 18 heavy (non-hydrogen) atoms. The molecule has 2 nitrogen and oxygen atoms in total. The second-order valence-corrected chi connectivity index (χ2v) is 5.72. The van der Waals surface area contributed by atoms with Crippen LogP contribution in [0.1, 0.15) is 43.0 Å². The molecule has 1 aromatic rings. The Hall–Kier alpha value is -1.02. The Morgan fingerprint density at radius 2 is 1.94 bits per heavy atom. The van der Waals surface area contributed by atoms with Gasteiger partial charge in [0.15, 0.2) is 6.29 Å². The van der Waals surface area contributed by atoms with Gasteiger partial charge >= 0.3 is 0 Å². The first kappa shape index (κ1) is 13.4.